The van der Waals surface area contributed by atoms with Crippen molar-refractivity contribution in [3.05, 3.63) is 29.6 Å². The smallest absolute Gasteiger partial charge is 0.222 e. The Morgan fingerprint density at radius 2 is 2.20 bits per heavy atom. The normalized spacial score (nSPS) is 19.2. The average molecular weight is 281 g/mol. The van der Waals surface area contributed by atoms with Gasteiger partial charge in [0, 0.05) is 38.6 Å². The lowest BCUT2D eigenvalue weighted by molar-refractivity contribution is -0.134. The molecule has 0 saturated carbocycles. The molecule has 2 rings (SSSR count). The van der Waals surface area contributed by atoms with Gasteiger partial charge in [-0.15, -0.1) is 0 Å². The highest BCUT2D eigenvalue weighted by Gasteiger charge is 2.28. The van der Waals surface area contributed by atoms with Crippen molar-refractivity contribution in [3.63, 3.8) is 0 Å². The van der Waals surface area contributed by atoms with Crippen LogP contribution in [0.15, 0.2) is 18.2 Å². The number of halogens is 1. The summed E-state index contributed by atoms with van der Waals surface area (Å²) in [4.78, 5) is 13.6. The van der Waals surface area contributed by atoms with E-state index in [0.717, 1.165) is 0 Å². The van der Waals surface area contributed by atoms with Crippen molar-refractivity contribution in [2.45, 2.75) is 18.8 Å². The zero-order valence-corrected chi connectivity index (χ0v) is 11.9. The zero-order valence-electron chi connectivity index (χ0n) is 11.9. The quantitative estimate of drug-likeness (QED) is 0.830. The minimum Gasteiger partial charge on any atom is -0.497 e. The highest BCUT2D eigenvalue weighted by atomic mass is 19.1. The Balaban J connectivity index is 2.10. The van der Waals surface area contributed by atoms with E-state index in [1.807, 2.05) is 0 Å². The molecule has 1 saturated heterocycles. The molecule has 0 N–H and O–H groups in total. The van der Waals surface area contributed by atoms with E-state index in [-0.39, 0.29) is 17.6 Å². The van der Waals surface area contributed by atoms with Gasteiger partial charge < -0.3 is 14.4 Å². The molecule has 1 fully saturated rings. The Bertz CT molecular complexity index is 478. The molecule has 1 heterocycles. The maximum absolute atomic E-state index is 14.1. The van der Waals surface area contributed by atoms with E-state index in [2.05, 4.69) is 0 Å². The first-order valence-corrected chi connectivity index (χ1v) is 6.76. The van der Waals surface area contributed by atoms with Crippen LogP contribution in [0.4, 0.5) is 4.39 Å². The topological polar surface area (TPSA) is 38.8 Å². The maximum atomic E-state index is 14.1. The molecule has 0 radical (unpaired) electrons. The van der Waals surface area contributed by atoms with E-state index in [1.54, 1.807) is 24.1 Å². The standard InChI is InChI=1S/C15H20FNO3/c1-19-8-7-17-10-11(3-6-15(17)18)13-5-4-12(20-2)9-14(13)16/h4-5,9,11H,3,6-8,10H2,1-2H3. The third-order valence-electron chi connectivity index (χ3n) is 3.71. The summed E-state index contributed by atoms with van der Waals surface area (Å²) in [7, 11) is 3.12. The molecule has 1 aliphatic heterocycles. The van der Waals surface area contributed by atoms with Crippen molar-refractivity contribution >= 4 is 5.91 Å². The Kier molecular flexibility index (Phi) is 4.95. The summed E-state index contributed by atoms with van der Waals surface area (Å²) in [6.45, 7) is 1.61. The highest BCUT2D eigenvalue weighted by molar-refractivity contribution is 5.77. The van der Waals surface area contributed by atoms with E-state index in [4.69, 9.17) is 9.47 Å². The minimum atomic E-state index is -0.268. The van der Waals surface area contributed by atoms with Crippen molar-refractivity contribution in [2.24, 2.45) is 0 Å². The van der Waals surface area contributed by atoms with Gasteiger partial charge in [0.2, 0.25) is 5.91 Å². The van der Waals surface area contributed by atoms with Crippen molar-refractivity contribution in [2.75, 3.05) is 33.9 Å². The van der Waals surface area contributed by atoms with Crippen LogP contribution in [0.3, 0.4) is 0 Å². The minimum absolute atomic E-state index is 0.0375. The maximum Gasteiger partial charge on any atom is 0.222 e. The number of carbonyl (C=O) groups excluding carboxylic acids is 1. The van der Waals surface area contributed by atoms with Gasteiger partial charge in [-0.25, -0.2) is 4.39 Å². The number of amides is 1. The Hall–Kier alpha value is -1.62. The Labute approximate surface area is 118 Å². The number of methoxy groups -OCH3 is 2. The molecule has 1 aliphatic rings. The second kappa shape index (κ2) is 6.70. The third-order valence-corrected chi connectivity index (χ3v) is 3.71. The molecular weight excluding hydrogens is 261 g/mol. The summed E-state index contributed by atoms with van der Waals surface area (Å²) >= 11 is 0. The fourth-order valence-electron chi connectivity index (χ4n) is 2.55. The number of rotatable bonds is 5. The lowest BCUT2D eigenvalue weighted by Gasteiger charge is -2.33. The fraction of sp³-hybridized carbons (Fsp3) is 0.533. The summed E-state index contributed by atoms with van der Waals surface area (Å²) < 4.78 is 24.1. The molecule has 0 spiro atoms. The molecule has 1 atom stereocenters. The zero-order chi connectivity index (χ0) is 14.5. The van der Waals surface area contributed by atoms with Gasteiger partial charge in [0.25, 0.3) is 0 Å². The van der Waals surface area contributed by atoms with Crippen LogP contribution in [0.5, 0.6) is 5.75 Å². The van der Waals surface area contributed by atoms with Crippen LogP contribution < -0.4 is 4.74 Å². The van der Waals surface area contributed by atoms with E-state index < -0.39 is 0 Å². The van der Waals surface area contributed by atoms with Crippen LogP contribution in [0.1, 0.15) is 24.3 Å². The molecule has 1 amide bonds. The predicted molar refractivity (Wildman–Crippen MR) is 73.4 cm³/mol. The van der Waals surface area contributed by atoms with Crippen LogP contribution in [0.25, 0.3) is 0 Å². The lowest BCUT2D eigenvalue weighted by Crippen LogP contribution is -2.41. The molecule has 20 heavy (non-hydrogen) atoms. The summed E-state index contributed by atoms with van der Waals surface area (Å²) in [5.41, 5.74) is 0.653. The molecule has 1 unspecified atom stereocenters. The largest absolute Gasteiger partial charge is 0.497 e. The van der Waals surface area contributed by atoms with Crippen LogP contribution in [-0.2, 0) is 9.53 Å². The van der Waals surface area contributed by atoms with Gasteiger partial charge in [-0.2, -0.15) is 0 Å². The molecule has 4 nitrogen and oxygen atoms in total. The molecule has 110 valence electrons. The predicted octanol–water partition coefficient (Wildman–Crippen LogP) is 2.19. The summed E-state index contributed by atoms with van der Waals surface area (Å²) in [5.74, 6) is 0.396. The van der Waals surface area contributed by atoms with Crippen molar-refractivity contribution in [3.8, 4) is 5.75 Å². The number of carbonyl (C=O) groups is 1. The van der Waals surface area contributed by atoms with Crippen molar-refractivity contribution in [1.82, 2.24) is 4.90 Å². The second-order valence-corrected chi connectivity index (χ2v) is 4.96. The molecule has 0 bridgehead atoms. The van der Waals surface area contributed by atoms with E-state index in [9.17, 15) is 9.18 Å². The van der Waals surface area contributed by atoms with Gasteiger partial charge in [0.1, 0.15) is 11.6 Å². The van der Waals surface area contributed by atoms with Crippen LogP contribution >= 0.6 is 0 Å². The Morgan fingerprint density at radius 1 is 1.40 bits per heavy atom. The number of hydrogen-bond acceptors (Lipinski definition) is 3. The van der Waals surface area contributed by atoms with Gasteiger partial charge in [0.05, 0.1) is 13.7 Å². The SMILES string of the molecule is COCCN1CC(c2ccc(OC)cc2F)CCC1=O. The van der Waals surface area contributed by atoms with Gasteiger partial charge in [0.15, 0.2) is 0 Å². The van der Waals surface area contributed by atoms with E-state index in [0.29, 0.717) is 43.9 Å². The van der Waals surface area contributed by atoms with Crippen LogP contribution in [-0.4, -0.2) is 44.7 Å². The van der Waals surface area contributed by atoms with Gasteiger partial charge >= 0.3 is 0 Å². The number of benzene rings is 1. The first-order chi connectivity index (χ1) is 9.65. The molecule has 0 aliphatic carbocycles. The van der Waals surface area contributed by atoms with E-state index in [1.165, 1.54) is 13.2 Å². The van der Waals surface area contributed by atoms with Gasteiger partial charge in [-0.1, -0.05) is 6.07 Å². The van der Waals surface area contributed by atoms with Crippen LogP contribution in [0.2, 0.25) is 0 Å². The lowest BCUT2D eigenvalue weighted by atomic mass is 9.90. The van der Waals surface area contributed by atoms with Gasteiger partial charge in [-0.3, -0.25) is 4.79 Å². The molecule has 5 heteroatoms. The number of piperidine rings is 1. The molecular formula is C15H20FNO3. The monoisotopic (exact) mass is 281 g/mol. The molecule has 1 aromatic rings. The fourth-order valence-corrected chi connectivity index (χ4v) is 2.55. The number of likely N-dealkylation sites (tertiary alicyclic amines) is 1. The van der Waals surface area contributed by atoms with Crippen molar-refractivity contribution < 1.29 is 18.7 Å². The van der Waals surface area contributed by atoms with Crippen molar-refractivity contribution in [1.29, 1.82) is 0 Å². The molecule has 0 aromatic heterocycles. The summed E-state index contributed by atoms with van der Waals surface area (Å²) in [5, 5.41) is 0. The second-order valence-electron chi connectivity index (χ2n) is 4.96. The van der Waals surface area contributed by atoms with Gasteiger partial charge in [-0.05, 0) is 18.1 Å². The average Bonchev–Trinajstić information content (AvgIpc) is 2.46. The summed E-state index contributed by atoms with van der Waals surface area (Å²) in [6.07, 6.45) is 1.14. The molecule has 1 aromatic carbocycles. The number of nitrogens with zero attached hydrogens (tertiary/aromatic N) is 1. The first-order valence-electron chi connectivity index (χ1n) is 6.76. The summed E-state index contributed by atoms with van der Waals surface area (Å²) in [6, 6.07) is 4.91. The third kappa shape index (κ3) is 3.28. The number of ether oxygens (including phenoxy) is 2. The number of hydrogen-bond donors (Lipinski definition) is 0. The first kappa shape index (κ1) is 14.8. The Morgan fingerprint density at radius 3 is 2.85 bits per heavy atom. The highest BCUT2D eigenvalue weighted by Crippen LogP contribution is 2.30. The van der Waals surface area contributed by atoms with E-state index >= 15 is 0 Å². The van der Waals surface area contributed by atoms with Crippen LogP contribution in [0, 0.1) is 5.82 Å².